The van der Waals surface area contributed by atoms with Crippen LogP contribution in [0.15, 0.2) is 34.8 Å². The van der Waals surface area contributed by atoms with Gasteiger partial charge in [-0.05, 0) is 60.5 Å². The van der Waals surface area contributed by atoms with Gasteiger partial charge in [-0.3, -0.25) is 4.79 Å². The number of amides is 1. The maximum atomic E-state index is 12.3. The van der Waals surface area contributed by atoms with Gasteiger partial charge in [0.05, 0.1) is 5.56 Å². The summed E-state index contributed by atoms with van der Waals surface area (Å²) in [4.78, 5) is 12.3. The second-order valence-electron chi connectivity index (χ2n) is 4.84. The summed E-state index contributed by atoms with van der Waals surface area (Å²) in [6.45, 7) is 5.54. The van der Waals surface area contributed by atoms with Crippen LogP contribution in [-0.2, 0) is 0 Å². The Bertz CT molecular complexity index is 680. The molecule has 1 amide bonds. The van der Waals surface area contributed by atoms with Gasteiger partial charge in [0.1, 0.15) is 5.75 Å². The Morgan fingerprint density at radius 1 is 1.15 bits per heavy atom. The van der Waals surface area contributed by atoms with Crippen molar-refractivity contribution in [2.45, 2.75) is 20.8 Å². The molecule has 0 saturated heterocycles. The minimum absolute atomic E-state index is 0.202. The summed E-state index contributed by atoms with van der Waals surface area (Å²) in [6, 6.07) is 9.19. The third-order valence-electron chi connectivity index (χ3n) is 3.25. The van der Waals surface area contributed by atoms with Gasteiger partial charge < -0.3 is 10.4 Å². The van der Waals surface area contributed by atoms with E-state index in [0.717, 1.165) is 15.6 Å². The number of halogens is 1. The molecule has 2 aromatic carbocycles. The SMILES string of the molecule is Cc1ccc(Br)c(C(=O)Nc2ccc(C)c(O)c2C)c1. The number of aryl methyl sites for hydroxylation is 2. The molecular formula is C16H16BrNO2. The highest BCUT2D eigenvalue weighted by molar-refractivity contribution is 9.10. The van der Waals surface area contributed by atoms with Crippen molar-refractivity contribution in [2.24, 2.45) is 0 Å². The zero-order valence-electron chi connectivity index (χ0n) is 11.6. The Balaban J connectivity index is 2.33. The number of anilines is 1. The van der Waals surface area contributed by atoms with Gasteiger partial charge in [0.15, 0.2) is 0 Å². The van der Waals surface area contributed by atoms with Crippen molar-refractivity contribution in [3.05, 3.63) is 57.1 Å². The number of rotatable bonds is 2. The first-order valence-electron chi connectivity index (χ1n) is 6.27. The Labute approximate surface area is 126 Å². The summed E-state index contributed by atoms with van der Waals surface area (Å²) in [6.07, 6.45) is 0. The lowest BCUT2D eigenvalue weighted by Crippen LogP contribution is -2.13. The number of carbonyl (C=O) groups excluding carboxylic acids is 1. The number of phenolic OH excluding ortho intramolecular Hbond substituents is 1. The maximum absolute atomic E-state index is 12.3. The van der Waals surface area contributed by atoms with Crippen molar-refractivity contribution < 1.29 is 9.90 Å². The number of nitrogens with one attached hydrogen (secondary N) is 1. The molecule has 2 aromatic rings. The summed E-state index contributed by atoms with van der Waals surface area (Å²) in [5.74, 6) is 0.0121. The van der Waals surface area contributed by atoms with Crippen molar-refractivity contribution in [1.82, 2.24) is 0 Å². The Hall–Kier alpha value is -1.81. The number of benzene rings is 2. The summed E-state index contributed by atoms with van der Waals surface area (Å²) < 4.78 is 0.745. The van der Waals surface area contributed by atoms with Gasteiger partial charge in [-0.15, -0.1) is 0 Å². The van der Waals surface area contributed by atoms with E-state index in [-0.39, 0.29) is 11.7 Å². The fourth-order valence-electron chi connectivity index (χ4n) is 1.97. The molecule has 4 heteroatoms. The van der Waals surface area contributed by atoms with Gasteiger partial charge in [-0.1, -0.05) is 17.7 Å². The number of hydrogen-bond acceptors (Lipinski definition) is 2. The van der Waals surface area contributed by atoms with Crippen molar-refractivity contribution in [3.8, 4) is 5.75 Å². The molecule has 0 radical (unpaired) electrons. The van der Waals surface area contributed by atoms with E-state index >= 15 is 0 Å². The van der Waals surface area contributed by atoms with E-state index in [2.05, 4.69) is 21.2 Å². The molecule has 2 rings (SSSR count). The van der Waals surface area contributed by atoms with Crippen molar-refractivity contribution in [3.63, 3.8) is 0 Å². The van der Waals surface area contributed by atoms with E-state index in [0.29, 0.717) is 16.8 Å². The fourth-order valence-corrected chi connectivity index (χ4v) is 2.40. The molecule has 0 aliphatic heterocycles. The molecule has 0 aliphatic rings. The summed E-state index contributed by atoms with van der Waals surface area (Å²) in [5, 5.41) is 12.7. The first-order valence-corrected chi connectivity index (χ1v) is 7.06. The van der Waals surface area contributed by atoms with Crippen LogP contribution in [0.3, 0.4) is 0 Å². The topological polar surface area (TPSA) is 49.3 Å². The highest BCUT2D eigenvalue weighted by Crippen LogP contribution is 2.29. The monoisotopic (exact) mass is 333 g/mol. The Morgan fingerprint density at radius 2 is 1.85 bits per heavy atom. The minimum Gasteiger partial charge on any atom is -0.507 e. The van der Waals surface area contributed by atoms with Crippen molar-refractivity contribution in [2.75, 3.05) is 5.32 Å². The lowest BCUT2D eigenvalue weighted by atomic mass is 10.1. The predicted molar refractivity (Wildman–Crippen MR) is 84.4 cm³/mol. The summed E-state index contributed by atoms with van der Waals surface area (Å²) in [7, 11) is 0. The lowest BCUT2D eigenvalue weighted by Gasteiger charge is -2.12. The lowest BCUT2D eigenvalue weighted by molar-refractivity contribution is 0.102. The van der Waals surface area contributed by atoms with Crippen molar-refractivity contribution >= 4 is 27.5 Å². The van der Waals surface area contributed by atoms with E-state index < -0.39 is 0 Å². The standard InChI is InChI=1S/C16H16BrNO2/c1-9-4-6-13(17)12(8-9)16(20)18-14-7-5-10(2)15(19)11(14)3/h4-8,19H,1-3H3,(H,18,20). The molecule has 0 heterocycles. The van der Waals surface area contributed by atoms with Gasteiger partial charge >= 0.3 is 0 Å². The van der Waals surface area contributed by atoms with Crippen LogP contribution in [-0.4, -0.2) is 11.0 Å². The molecule has 20 heavy (non-hydrogen) atoms. The third kappa shape index (κ3) is 2.85. The van der Waals surface area contributed by atoms with Gasteiger partial charge in [-0.2, -0.15) is 0 Å². The summed E-state index contributed by atoms with van der Waals surface area (Å²) >= 11 is 3.38. The molecule has 0 aromatic heterocycles. The quantitative estimate of drug-likeness (QED) is 0.859. The highest BCUT2D eigenvalue weighted by atomic mass is 79.9. The molecule has 0 unspecified atom stereocenters. The molecule has 104 valence electrons. The molecule has 0 atom stereocenters. The molecule has 0 spiro atoms. The van der Waals surface area contributed by atoms with Crippen LogP contribution in [0.1, 0.15) is 27.0 Å². The smallest absolute Gasteiger partial charge is 0.256 e. The van der Waals surface area contributed by atoms with Crippen LogP contribution in [0.4, 0.5) is 5.69 Å². The van der Waals surface area contributed by atoms with Crippen LogP contribution in [0.5, 0.6) is 5.75 Å². The van der Waals surface area contributed by atoms with E-state index in [9.17, 15) is 9.90 Å². The molecule has 0 bridgehead atoms. The first-order chi connectivity index (χ1) is 9.40. The molecule has 0 saturated carbocycles. The molecular weight excluding hydrogens is 318 g/mol. The van der Waals surface area contributed by atoms with Gasteiger partial charge in [0.25, 0.3) is 5.91 Å². The van der Waals surface area contributed by atoms with E-state index in [1.807, 2.05) is 32.0 Å². The maximum Gasteiger partial charge on any atom is 0.256 e. The number of aromatic hydroxyl groups is 1. The first kappa shape index (κ1) is 14.6. The second kappa shape index (κ2) is 5.67. The molecule has 2 N–H and O–H groups in total. The van der Waals surface area contributed by atoms with Crippen LogP contribution in [0, 0.1) is 20.8 Å². The van der Waals surface area contributed by atoms with Gasteiger partial charge in [0, 0.05) is 15.7 Å². The van der Waals surface area contributed by atoms with E-state index in [1.54, 1.807) is 19.1 Å². The largest absolute Gasteiger partial charge is 0.507 e. The predicted octanol–water partition coefficient (Wildman–Crippen LogP) is 4.33. The Kier molecular flexibility index (Phi) is 4.14. The average molecular weight is 334 g/mol. The van der Waals surface area contributed by atoms with E-state index in [4.69, 9.17) is 0 Å². The average Bonchev–Trinajstić information content (AvgIpc) is 2.42. The second-order valence-corrected chi connectivity index (χ2v) is 5.70. The van der Waals surface area contributed by atoms with Gasteiger partial charge in [-0.25, -0.2) is 0 Å². The van der Waals surface area contributed by atoms with Gasteiger partial charge in [0.2, 0.25) is 0 Å². The number of phenols is 1. The highest BCUT2D eigenvalue weighted by Gasteiger charge is 2.13. The zero-order chi connectivity index (χ0) is 14.9. The summed E-state index contributed by atoms with van der Waals surface area (Å²) in [5.41, 5.74) is 3.66. The van der Waals surface area contributed by atoms with Crippen LogP contribution >= 0.6 is 15.9 Å². The van der Waals surface area contributed by atoms with Crippen LogP contribution in [0.2, 0.25) is 0 Å². The minimum atomic E-state index is -0.202. The van der Waals surface area contributed by atoms with Crippen LogP contribution < -0.4 is 5.32 Å². The van der Waals surface area contributed by atoms with Crippen molar-refractivity contribution in [1.29, 1.82) is 0 Å². The number of hydrogen-bond donors (Lipinski definition) is 2. The molecule has 3 nitrogen and oxygen atoms in total. The van der Waals surface area contributed by atoms with E-state index in [1.165, 1.54) is 0 Å². The molecule has 0 fully saturated rings. The molecule has 0 aliphatic carbocycles. The Morgan fingerprint density at radius 3 is 2.55 bits per heavy atom. The van der Waals surface area contributed by atoms with Crippen LogP contribution in [0.25, 0.3) is 0 Å². The third-order valence-corrected chi connectivity index (χ3v) is 3.94. The zero-order valence-corrected chi connectivity index (χ0v) is 13.2. The normalized spacial score (nSPS) is 10.4. The number of carbonyl (C=O) groups is 1. The fraction of sp³-hybridized carbons (Fsp3) is 0.188.